The minimum Gasteiger partial charge on any atom is -0.378 e. The summed E-state index contributed by atoms with van der Waals surface area (Å²) in [6.45, 7) is 2.50. The van der Waals surface area contributed by atoms with Crippen molar-refractivity contribution in [3.63, 3.8) is 0 Å². The van der Waals surface area contributed by atoms with Crippen LogP contribution >= 0.6 is 22.9 Å². The van der Waals surface area contributed by atoms with Gasteiger partial charge in [-0.3, -0.25) is 5.10 Å². The predicted molar refractivity (Wildman–Crippen MR) is 81.0 cm³/mol. The first-order valence-electron chi connectivity index (χ1n) is 6.05. The van der Waals surface area contributed by atoms with E-state index in [2.05, 4.69) is 25.5 Å². The fraction of sp³-hybridized carbons (Fsp3) is 0.154. The van der Waals surface area contributed by atoms with Gasteiger partial charge in [0.05, 0.1) is 12.7 Å². The zero-order chi connectivity index (χ0) is 13.9. The van der Waals surface area contributed by atoms with Crippen LogP contribution in [0.15, 0.2) is 30.5 Å². The maximum Gasteiger partial charge on any atom is 0.183 e. The van der Waals surface area contributed by atoms with Crippen molar-refractivity contribution in [2.75, 3.05) is 5.32 Å². The molecule has 102 valence electrons. The summed E-state index contributed by atoms with van der Waals surface area (Å²) >= 11 is 7.34. The zero-order valence-electron chi connectivity index (χ0n) is 10.7. The Kier molecular flexibility index (Phi) is 3.66. The SMILES string of the molecule is Cc1nc(-c2ccccc2NCc2ncc(Cl)s2)n[nH]1. The molecule has 0 atom stereocenters. The largest absolute Gasteiger partial charge is 0.378 e. The Morgan fingerprint density at radius 3 is 2.90 bits per heavy atom. The molecule has 0 saturated carbocycles. The van der Waals surface area contributed by atoms with Gasteiger partial charge < -0.3 is 5.32 Å². The highest BCUT2D eigenvalue weighted by atomic mass is 35.5. The number of benzene rings is 1. The van der Waals surface area contributed by atoms with Gasteiger partial charge in [-0.25, -0.2) is 9.97 Å². The number of thiazole rings is 1. The first-order valence-corrected chi connectivity index (χ1v) is 7.24. The summed E-state index contributed by atoms with van der Waals surface area (Å²) in [6.07, 6.45) is 1.66. The molecule has 5 nitrogen and oxygen atoms in total. The van der Waals surface area contributed by atoms with Crippen molar-refractivity contribution < 1.29 is 0 Å². The van der Waals surface area contributed by atoms with Crippen LogP contribution in [0.3, 0.4) is 0 Å². The van der Waals surface area contributed by atoms with Crippen LogP contribution in [0.25, 0.3) is 11.4 Å². The van der Waals surface area contributed by atoms with Gasteiger partial charge in [-0.1, -0.05) is 23.7 Å². The van der Waals surface area contributed by atoms with Gasteiger partial charge in [0.25, 0.3) is 0 Å². The maximum absolute atomic E-state index is 5.88. The van der Waals surface area contributed by atoms with Crippen LogP contribution in [0.1, 0.15) is 10.8 Å². The molecule has 0 aliphatic carbocycles. The topological polar surface area (TPSA) is 66.5 Å². The Hall–Kier alpha value is -1.92. The lowest BCUT2D eigenvalue weighted by atomic mass is 10.1. The van der Waals surface area contributed by atoms with Crippen molar-refractivity contribution in [3.05, 3.63) is 45.6 Å². The lowest BCUT2D eigenvalue weighted by molar-refractivity contribution is 1.04. The van der Waals surface area contributed by atoms with Crippen LogP contribution in [0.4, 0.5) is 5.69 Å². The van der Waals surface area contributed by atoms with E-state index in [4.69, 9.17) is 11.6 Å². The van der Waals surface area contributed by atoms with Crippen LogP contribution in [-0.4, -0.2) is 20.2 Å². The molecule has 0 fully saturated rings. The van der Waals surface area contributed by atoms with Crippen molar-refractivity contribution in [3.8, 4) is 11.4 Å². The second-order valence-corrected chi connectivity index (χ2v) is 5.95. The number of rotatable bonds is 4. The smallest absolute Gasteiger partial charge is 0.183 e. The number of aromatic amines is 1. The number of hydrogen-bond donors (Lipinski definition) is 2. The molecule has 7 heteroatoms. The van der Waals surface area contributed by atoms with Gasteiger partial charge in [-0.05, 0) is 19.1 Å². The second kappa shape index (κ2) is 5.60. The van der Waals surface area contributed by atoms with Gasteiger partial charge in [0.15, 0.2) is 5.82 Å². The van der Waals surface area contributed by atoms with E-state index < -0.39 is 0 Å². The van der Waals surface area contributed by atoms with Gasteiger partial charge in [0.2, 0.25) is 0 Å². The van der Waals surface area contributed by atoms with Crippen molar-refractivity contribution in [1.82, 2.24) is 20.2 Å². The lowest BCUT2D eigenvalue weighted by Crippen LogP contribution is -2.00. The standard InChI is InChI=1S/C13H12ClN5S/c1-8-17-13(19-18-8)9-4-2-3-5-10(9)15-7-12-16-6-11(14)20-12/h2-6,15H,7H2,1H3,(H,17,18,19). The molecule has 0 saturated heterocycles. The minimum atomic E-state index is 0.623. The number of halogens is 1. The van der Waals surface area contributed by atoms with Gasteiger partial charge in [0, 0.05) is 11.3 Å². The summed E-state index contributed by atoms with van der Waals surface area (Å²) in [4.78, 5) is 8.58. The van der Waals surface area contributed by atoms with Crippen LogP contribution in [0, 0.1) is 6.92 Å². The monoisotopic (exact) mass is 305 g/mol. The summed E-state index contributed by atoms with van der Waals surface area (Å²) < 4.78 is 0.694. The van der Waals surface area contributed by atoms with Crippen LogP contribution in [0.2, 0.25) is 4.34 Å². The molecule has 2 heterocycles. The Labute approximate surface area is 125 Å². The van der Waals surface area contributed by atoms with Crippen molar-refractivity contribution in [2.24, 2.45) is 0 Å². The third-order valence-electron chi connectivity index (χ3n) is 2.72. The van der Waals surface area contributed by atoms with Crippen LogP contribution in [0.5, 0.6) is 0 Å². The average molecular weight is 306 g/mol. The fourth-order valence-corrected chi connectivity index (χ4v) is 2.73. The number of hydrogen-bond acceptors (Lipinski definition) is 5. The van der Waals surface area contributed by atoms with Crippen molar-refractivity contribution in [2.45, 2.75) is 13.5 Å². The zero-order valence-corrected chi connectivity index (χ0v) is 12.3. The number of aryl methyl sites for hydroxylation is 1. The molecule has 0 bridgehead atoms. The minimum absolute atomic E-state index is 0.623. The molecule has 0 amide bonds. The molecular formula is C13H12ClN5S. The Balaban J connectivity index is 1.83. The first kappa shape index (κ1) is 13.1. The van der Waals surface area contributed by atoms with Crippen molar-refractivity contribution in [1.29, 1.82) is 0 Å². The van der Waals surface area contributed by atoms with Gasteiger partial charge in [-0.2, -0.15) is 5.10 Å². The molecule has 2 aromatic heterocycles. The van der Waals surface area contributed by atoms with Gasteiger partial charge in [0.1, 0.15) is 15.2 Å². The number of para-hydroxylation sites is 1. The number of aromatic nitrogens is 4. The number of nitrogens with zero attached hydrogens (tertiary/aromatic N) is 3. The molecule has 0 spiro atoms. The van der Waals surface area contributed by atoms with Crippen LogP contribution in [-0.2, 0) is 6.54 Å². The number of anilines is 1. The van der Waals surface area contributed by atoms with Gasteiger partial charge >= 0.3 is 0 Å². The molecule has 3 rings (SSSR count). The highest BCUT2D eigenvalue weighted by molar-refractivity contribution is 7.15. The molecule has 0 aliphatic heterocycles. The van der Waals surface area contributed by atoms with Crippen LogP contribution < -0.4 is 5.32 Å². The molecule has 0 aliphatic rings. The van der Waals surface area contributed by atoms with Gasteiger partial charge in [-0.15, -0.1) is 11.3 Å². The molecule has 0 radical (unpaired) electrons. The molecule has 2 N–H and O–H groups in total. The van der Waals surface area contributed by atoms with E-state index in [-0.39, 0.29) is 0 Å². The first-order chi connectivity index (χ1) is 9.72. The highest BCUT2D eigenvalue weighted by Gasteiger charge is 2.09. The number of H-pyrrole nitrogens is 1. The molecule has 1 aromatic carbocycles. The maximum atomic E-state index is 5.88. The summed E-state index contributed by atoms with van der Waals surface area (Å²) in [5, 5.41) is 11.3. The second-order valence-electron chi connectivity index (χ2n) is 4.20. The summed E-state index contributed by atoms with van der Waals surface area (Å²) in [7, 11) is 0. The molecule has 3 aromatic rings. The summed E-state index contributed by atoms with van der Waals surface area (Å²) in [5.74, 6) is 1.48. The normalized spacial score (nSPS) is 10.7. The summed E-state index contributed by atoms with van der Waals surface area (Å²) in [5.41, 5.74) is 1.93. The Morgan fingerprint density at radius 1 is 1.35 bits per heavy atom. The predicted octanol–water partition coefficient (Wildman–Crippen LogP) is 3.50. The van der Waals surface area contributed by atoms with E-state index in [1.54, 1.807) is 6.20 Å². The highest BCUT2D eigenvalue weighted by Crippen LogP contribution is 2.26. The molecule has 20 heavy (non-hydrogen) atoms. The average Bonchev–Trinajstić information content (AvgIpc) is 3.06. The quantitative estimate of drug-likeness (QED) is 0.774. The van der Waals surface area contributed by atoms with Crippen molar-refractivity contribution >= 4 is 28.6 Å². The Bertz CT molecular complexity index is 721. The Morgan fingerprint density at radius 2 is 2.20 bits per heavy atom. The summed E-state index contributed by atoms with van der Waals surface area (Å²) in [6, 6.07) is 7.92. The van der Waals surface area contributed by atoms with E-state index in [0.717, 1.165) is 22.1 Å². The molecular weight excluding hydrogens is 294 g/mol. The van der Waals surface area contributed by atoms with E-state index in [1.807, 2.05) is 31.2 Å². The van der Waals surface area contributed by atoms with E-state index in [0.29, 0.717) is 16.7 Å². The lowest BCUT2D eigenvalue weighted by Gasteiger charge is -2.08. The van der Waals surface area contributed by atoms with E-state index in [1.165, 1.54) is 11.3 Å². The molecule has 0 unspecified atom stereocenters. The number of nitrogens with one attached hydrogen (secondary N) is 2. The van der Waals surface area contributed by atoms with E-state index >= 15 is 0 Å². The third-order valence-corrected chi connectivity index (χ3v) is 3.84. The van der Waals surface area contributed by atoms with E-state index in [9.17, 15) is 0 Å². The fourth-order valence-electron chi connectivity index (χ4n) is 1.84. The third kappa shape index (κ3) is 2.81.